The van der Waals surface area contributed by atoms with E-state index >= 15 is 0 Å². The van der Waals surface area contributed by atoms with Gasteiger partial charge in [-0.1, -0.05) is 34.5 Å². The van der Waals surface area contributed by atoms with Gasteiger partial charge in [-0.3, -0.25) is 4.72 Å². The highest BCUT2D eigenvalue weighted by atomic mass is 79.9. The molecule has 3 nitrogen and oxygen atoms in total. The first kappa shape index (κ1) is 15.1. The molecule has 17 heavy (non-hydrogen) atoms. The van der Waals surface area contributed by atoms with Crippen LogP contribution in [0.25, 0.3) is 0 Å². The van der Waals surface area contributed by atoms with Crippen molar-refractivity contribution < 1.29 is 8.42 Å². The second-order valence-electron chi connectivity index (χ2n) is 3.77. The molecule has 1 aromatic rings. The van der Waals surface area contributed by atoms with Crippen molar-refractivity contribution in [3.05, 3.63) is 27.7 Å². The molecule has 1 unspecified atom stereocenters. The molecule has 0 saturated carbocycles. The summed E-state index contributed by atoms with van der Waals surface area (Å²) in [6, 6.07) is 4.95. The molecule has 0 amide bonds. The van der Waals surface area contributed by atoms with Crippen LogP contribution in [0, 0.1) is 5.92 Å². The highest BCUT2D eigenvalue weighted by Crippen LogP contribution is 2.26. The topological polar surface area (TPSA) is 46.2 Å². The number of alkyl halides is 1. The Balaban J connectivity index is 2.83. The average Bonchev–Trinajstić information content (AvgIpc) is 2.21. The predicted molar refractivity (Wildman–Crippen MR) is 76.4 cm³/mol. The first-order chi connectivity index (χ1) is 7.84. The lowest BCUT2D eigenvalue weighted by Crippen LogP contribution is -2.22. The lowest BCUT2D eigenvalue weighted by molar-refractivity contribution is 0.588. The van der Waals surface area contributed by atoms with Gasteiger partial charge in [0.05, 0.1) is 16.5 Å². The molecule has 0 radical (unpaired) electrons. The standard InChI is InChI=1S/C10H12BrCl2NO2S/c1-7(5-12)6-17(15,16)14-10-3-2-8(11)4-9(10)13/h2-4,7,14H,5-6H2,1H3. The molecule has 1 atom stereocenters. The number of benzene rings is 1. The molecule has 0 aliphatic rings. The van der Waals surface area contributed by atoms with Gasteiger partial charge in [-0.05, 0) is 24.1 Å². The van der Waals surface area contributed by atoms with Gasteiger partial charge in [0.15, 0.2) is 0 Å². The van der Waals surface area contributed by atoms with Crippen LogP contribution in [-0.2, 0) is 10.0 Å². The molecule has 0 aliphatic carbocycles. The third-order valence-corrected chi connectivity index (χ3v) is 4.84. The maximum atomic E-state index is 11.8. The molecule has 96 valence electrons. The van der Waals surface area contributed by atoms with Crippen molar-refractivity contribution in [2.24, 2.45) is 5.92 Å². The Kier molecular flexibility index (Phi) is 5.57. The van der Waals surface area contributed by atoms with Crippen LogP contribution >= 0.6 is 39.1 Å². The Labute approximate surface area is 120 Å². The molecule has 0 aromatic heterocycles. The van der Waals surface area contributed by atoms with Crippen LogP contribution in [0.3, 0.4) is 0 Å². The van der Waals surface area contributed by atoms with Gasteiger partial charge < -0.3 is 0 Å². The molecule has 7 heteroatoms. The summed E-state index contributed by atoms with van der Waals surface area (Å²) in [5.74, 6) is 0.168. The van der Waals surface area contributed by atoms with Crippen molar-refractivity contribution in [3.8, 4) is 0 Å². The number of rotatable bonds is 5. The van der Waals surface area contributed by atoms with E-state index < -0.39 is 10.0 Å². The minimum absolute atomic E-state index is 0.0249. The number of nitrogens with one attached hydrogen (secondary N) is 1. The van der Waals surface area contributed by atoms with Gasteiger partial charge in [-0.15, -0.1) is 11.6 Å². The number of hydrogen-bond donors (Lipinski definition) is 1. The molecule has 0 bridgehead atoms. The zero-order chi connectivity index (χ0) is 13.1. The zero-order valence-electron chi connectivity index (χ0n) is 9.08. The van der Waals surface area contributed by atoms with E-state index in [2.05, 4.69) is 20.7 Å². The molecule has 1 N–H and O–H groups in total. The van der Waals surface area contributed by atoms with Gasteiger partial charge in [0.2, 0.25) is 10.0 Å². The fraction of sp³-hybridized carbons (Fsp3) is 0.400. The van der Waals surface area contributed by atoms with Crippen molar-refractivity contribution in [3.63, 3.8) is 0 Å². The SMILES string of the molecule is CC(CCl)CS(=O)(=O)Nc1ccc(Br)cc1Cl. The summed E-state index contributed by atoms with van der Waals surface area (Å²) in [7, 11) is -3.42. The van der Waals surface area contributed by atoms with Crippen LogP contribution < -0.4 is 4.72 Å². The summed E-state index contributed by atoms with van der Waals surface area (Å²) in [5, 5.41) is 0.349. The van der Waals surface area contributed by atoms with E-state index in [0.717, 1.165) is 4.47 Å². The van der Waals surface area contributed by atoms with E-state index in [1.807, 2.05) is 0 Å². The summed E-state index contributed by atoms with van der Waals surface area (Å²) >= 11 is 14.8. The van der Waals surface area contributed by atoms with E-state index in [-0.39, 0.29) is 11.7 Å². The number of sulfonamides is 1. The lowest BCUT2D eigenvalue weighted by Gasteiger charge is -2.12. The number of halogens is 3. The summed E-state index contributed by atoms with van der Waals surface area (Å²) in [4.78, 5) is 0. The summed E-state index contributed by atoms with van der Waals surface area (Å²) in [5.41, 5.74) is 0.372. The van der Waals surface area contributed by atoms with Crippen LogP contribution in [0.5, 0.6) is 0 Å². The maximum absolute atomic E-state index is 11.8. The fourth-order valence-electron chi connectivity index (χ4n) is 1.20. The minimum Gasteiger partial charge on any atom is -0.282 e. The Morgan fingerprint density at radius 1 is 1.47 bits per heavy atom. The van der Waals surface area contributed by atoms with E-state index in [1.165, 1.54) is 0 Å². The van der Waals surface area contributed by atoms with Crippen LogP contribution in [0.4, 0.5) is 5.69 Å². The van der Waals surface area contributed by atoms with Crippen LogP contribution in [0.1, 0.15) is 6.92 Å². The summed E-state index contributed by atoms with van der Waals surface area (Å²) < 4.78 is 26.8. The summed E-state index contributed by atoms with van der Waals surface area (Å²) in [6.45, 7) is 1.77. The molecular formula is C10H12BrCl2NO2S. The van der Waals surface area contributed by atoms with Gasteiger partial charge in [0.25, 0.3) is 0 Å². The van der Waals surface area contributed by atoms with E-state index in [0.29, 0.717) is 16.6 Å². The molecule has 0 aliphatic heterocycles. The van der Waals surface area contributed by atoms with E-state index in [4.69, 9.17) is 23.2 Å². The largest absolute Gasteiger partial charge is 0.282 e. The maximum Gasteiger partial charge on any atom is 0.233 e. The van der Waals surface area contributed by atoms with Gasteiger partial charge in [0.1, 0.15) is 0 Å². The second-order valence-corrected chi connectivity index (χ2v) is 7.17. The molecule has 0 spiro atoms. The van der Waals surface area contributed by atoms with Crippen LogP contribution in [0.15, 0.2) is 22.7 Å². The Bertz CT molecular complexity index is 493. The Morgan fingerprint density at radius 3 is 2.65 bits per heavy atom. The fourth-order valence-corrected chi connectivity index (χ4v) is 3.68. The highest BCUT2D eigenvalue weighted by Gasteiger charge is 2.16. The van der Waals surface area contributed by atoms with Crippen molar-refractivity contribution in [1.29, 1.82) is 0 Å². The normalized spacial score (nSPS) is 13.4. The third-order valence-electron chi connectivity index (χ3n) is 1.96. The third kappa shape index (κ3) is 5.04. The minimum atomic E-state index is -3.42. The van der Waals surface area contributed by atoms with Gasteiger partial charge in [-0.2, -0.15) is 0 Å². The molecule has 0 heterocycles. The monoisotopic (exact) mass is 359 g/mol. The smallest absolute Gasteiger partial charge is 0.233 e. The molecule has 1 aromatic carbocycles. The highest BCUT2D eigenvalue weighted by molar-refractivity contribution is 9.10. The van der Waals surface area contributed by atoms with Crippen molar-refractivity contribution >= 4 is 54.8 Å². The summed E-state index contributed by atoms with van der Waals surface area (Å²) in [6.07, 6.45) is 0. The first-order valence-electron chi connectivity index (χ1n) is 4.85. The molecular weight excluding hydrogens is 349 g/mol. The van der Waals surface area contributed by atoms with Gasteiger partial charge in [0, 0.05) is 10.4 Å². The molecule has 1 rings (SSSR count). The zero-order valence-corrected chi connectivity index (χ0v) is 13.0. The average molecular weight is 361 g/mol. The van der Waals surface area contributed by atoms with Crippen LogP contribution in [0.2, 0.25) is 5.02 Å². The first-order valence-corrected chi connectivity index (χ1v) is 8.21. The van der Waals surface area contributed by atoms with Crippen molar-refractivity contribution in [1.82, 2.24) is 0 Å². The van der Waals surface area contributed by atoms with Gasteiger partial charge in [-0.25, -0.2) is 8.42 Å². The Morgan fingerprint density at radius 2 is 2.12 bits per heavy atom. The second kappa shape index (κ2) is 6.27. The van der Waals surface area contributed by atoms with Crippen molar-refractivity contribution in [2.45, 2.75) is 6.92 Å². The lowest BCUT2D eigenvalue weighted by atomic mass is 10.3. The number of anilines is 1. The predicted octanol–water partition coefficient (Wildman–Crippen LogP) is 3.72. The quantitative estimate of drug-likeness (QED) is 0.813. The molecule has 0 fully saturated rings. The van der Waals surface area contributed by atoms with Crippen molar-refractivity contribution in [2.75, 3.05) is 16.4 Å². The molecule has 0 saturated heterocycles. The number of hydrogen-bond acceptors (Lipinski definition) is 2. The van der Waals surface area contributed by atoms with E-state index in [9.17, 15) is 8.42 Å². The van der Waals surface area contributed by atoms with Gasteiger partial charge >= 0.3 is 0 Å². The Hall–Kier alpha value is 0.0300. The van der Waals surface area contributed by atoms with E-state index in [1.54, 1.807) is 25.1 Å². The van der Waals surface area contributed by atoms with Crippen LogP contribution in [-0.4, -0.2) is 20.1 Å².